The third kappa shape index (κ3) is 4.45. The van der Waals surface area contributed by atoms with E-state index < -0.39 is 10.0 Å². The van der Waals surface area contributed by atoms with E-state index in [1.165, 1.54) is 0 Å². The lowest BCUT2D eigenvalue weighted by molar-refractivity contribution is 0.0929. The van der Waals surface area contributed by atoms with Crippen molar-refractivity contribution in [1.82, 2.24) is 14.9 Å². The molecule has 26 heavy (non-hydrogen) atoms. The van der Waals surface area contributed by atoms with Crippen molar-refractivity contribution in [2.24, 2.45) is 11.8 Å². The fraction of sp³-hybridized carbons (Fsp3) is 0.632. The molecular weight excluding hydrogens is 350 g/mol. The van der Waals surface area contributed by atoms with Gasteiger partial charge in [0.15, 0.2) is 0 Å². The zero-order chi connectivity index (χ0) is 18.7. The molecule has 6 nitrogen and oxygen atoms in total. The summed E-state index contributed by atoms with van der Waals surface area (Å²) in [5.41, 5.74) is 0.503. The minimum absolute atomic E-state index is 0.138. The smallest absolute Gasteiger partial charge is 0.251 e. The lowest BCUT2D eigenvalue weighted by Crippen LogP contribution is -2.43. The van der Waals surface area contributed by atoms with Crippen molar-refractivity contribution in [3.8, 4) is 0 Å². The Morgan fingerprint density at radius 2 is 1.65 bits per heavy atom. The predicted octanol–water partition coefficient (Wildman–Crippen LogP) is 1.83. The number of nitrogens with one attached hydrogen (secondary N) is 2. The summed E-state index contributed by atoms with van der Waals surface area (Å²) in [7, 11) is -3.50. The van der Waals surface area contributed by atoms with E-state index >= 15 is 0 Å². The number of piperidine rings is 2. The summed E-state index contributed by atoms with van der Waals surface area (Å²) >= 11 is 0. The standard InChI is InChI=1S/C19H29N3O3S/c1-14-11-15(2)13-22(12-14)26(24,25)18-5-3-16(4-6-18)19(23)21-17-7-9-20-10-8-17/h3-6,14-15,17,20H,7-13H2,1-2H3,(H,21,23). The van der Waals surface area contributed by atoms with Gasteiger partial charge in [0.25, 0.3) is 5.91 Å². The van der Waals surface area contributed by atoms with Gasteiger partial charge in [0.05, 0.1) is 4.90 Å². The Morgan fingerprint density at radius 3 is 2.23 bits per heavy atom. The lowest BCUT2D eigenvalue weighted by atomic mass is 9.94. The number of carbonyl (C=O) groups is 1. The Bertz CT molecular complexity index is 717. The van der Waals surface area contributed by atoms with E-state index in [4.69, 9.17) is 0 Å². The first-order valence-electron chi connectivity index (χ1n) is 9.48. The highest BCUT2D eigenvalue weighted by atomic mass is 32.2. The molecule has 7 heteroatoms. The van der Waals surface area contributed by atoms with E-state index in [1.54, 1.807) is 28.6 Å². The lowest BCUT2D eigenvalue weighted by Gasteiger charge is -2.34. The summed E-state index contributed by atoms with van der Waals surface area (Å²) in [6.07, 6.45) is 2.90. The summed E-state index contributed by atoms with van der Waals surface area (Å²) < 4.78 is 27.4. The number of hydrogen-bond donors (Lipinski definition) is 2. The third-order valence-corrected chi connectivity index (χ3v) is 7.11. The molecule has 0 radical (unpaired) electrons. The highest BCUT2D eigenvalue weighted by molar-refractivity contribution is 7.89. The molecule has 1 aromatic rings. The molecule has 0 bridgehead atoms. The van der Waals surface area contributed by atoms with Gasteiger partial charge in [-0.05, 0) is 68.5 Å². The van der Waals surface area contributed by atoms with Crippen LogP contribution in [-0.2, 0) is 10.0 Å². The number of sulfonamides is 1. The fourth-order valence-electron chi connectivity index (χ4n) is 3.96. The van der Waals surface area contributed by atoms with Crippen LogP contribution in [0.2, 0.25) is 0 Å². The molecule has 144 valence electrons. The van der Waals surface area contributed by atoms with Crippen LogP contribution in [0.4, 0.5) is 0 Å². The van der Waals surface area contributed by atoms with E-state index in [0.29, 0.717) is 30.5 Å². The fourth-order valence-corrected chi connectivity index (χ4v) is 5.64. The quantitative estimate of drug-likeness (QED) is 0.837. The van der Waals surface area contributed by atoms with Crippen molar-refractivity contribution in [3.05, 3.63) is 29.8 Å². The number of carbonyl (C=O) groups excluding carboxylic acids is 1. The highest BCUT2D eigenvalue weighted by Gasteiger charge is 2.31. The van der Waals surface area contributed by atoms with Crippen LogP contribution in [-0.4, -0.2) is 50.9 Å². The summed E-state index contributed by atoms with van der Waals surface area (Å²) in [5.74, 6) is 0.591. The first-order valence-corrected chi connectivity index (χ1v) is 10.9. The minimum atomic E-state index is -3.50. The van der Waals surface area contributed by atoms with Crippen LogP contribution >= 0.6 is 0 Å². The van der Waals surface area contributed by atoms with Gasteiger partial charge in [-0.25, -0.2) is 8.42 Å². The van der Waals surface area contributed by atoms with Crippen LogP contribution in [0.15, 0.2) is 29.2 Å². The van der Waals surface area contributed by atoms with Crippen molar-refractivity contribution in [3.63, 3.8) is 0 Å². The highest BCUT2D eigenvalue weighted by Crippen LogP contribution is 2.26. The van der Waals surface area contributed by atoms with Gasteiger partial charge in [0, 0.05) is 24.7 Å². The molecule has 0 spiro atoms. The average molecular weight is 380 g/mol. The molecule has 2 aliphatic rings. The number of benzene rings is 1. The maximum atomic E-state index is 12.9. The predicted molar refractivity (Wildman–Crippen MR) is 102 cm³/mol. The van der Waals surface area contributed by atoms with Gasteiger partial charge < -0.3 is 10.6 Å². The monoisotopic (exact) mass is 379 g/mol. The van der Waals surface area contributed by atoms with Crippen molar-refractivity contribution < 1.29 is 13.2 Å². The Labute approximate surface area is 156 Å². The molecule has 3 rings (SSSR count). The molecule has 1 aromatic carbocycles. The van der Waals surface area contributed by atoms with E-state index in [-0.39, 0.29) is 16.8 Å². The van der Waals surface area contributed by atoms with E-state index in [2.05, 4.69) is 24.5 Å². The van der Waals surface area contributed by atoms with Crippen LogP contribution < -0.4 is 10.6 Å². The van der Waals surface area contributed by atoms with Gasteiger partial charge >= 0.3 is 0 Å². The zero-order valence-electron chi connectivity index (χ0n) is 15.6. The van der Waals surface area contributed by atoms with Crippen LogP contribution in [0.25, 0.3) is 0 Å². The van der Waals surface area contributed by atoms with Crippen LogP contribution in [0, 0.1) is 11.8 Å². The molecule has 2 fully saturated rings. The summed E-state index contributed by atoms with van der Waals surface area (Å²) in [4.78, 5) is 12.6. The molecule has 2 heterocycles. The molecular formula is C19H29N3O3S. The topological polar surface area (TPSA) is 78.5 Å². The summed E-state index contributed by atoms with van der Waals surface area (Å²) in [6.45, 7) is 7.12. The van der Waals surface area contributed by atoms with Gasteiger partial charge in [0.2, 0.25) is 10.0 Å². The maximum absolute atomic E-state index is 12.9. The van der Waals surface area contributed by atoms with Crippen LogP contribution in [0.5, 0.6) is 0 Å². The number of hydrogen-bond acceptors (Lipinski definition) is 4. The van der Waals surface area contributed by atoms with Crippen molar-refractivity contribution in [2.75, 3.05) is 26.2 Å². The molecule has 0 saturated carbocycles. The van der Waals surface area contributed by atoms with Crippen LogP contribution in [0.3, 0.4) is 0 Å². The molecule has 0 aliphatic carbocycles. The first-order chi connectivity index (χ1) is 12.4. The number of amides is 1. The van der Waals surface area contributed by atoms with E-state index in [1.807, 2.05) is 0 Å². The Hall–Kier alpha value is -1.44. The Kier molecular flexibility index (Phi) is 5.99. The van der Waals surface area contributed by atoms with Gasteiger partial charge in [-0.3, -0.25) is 4.79 Å². The van der Waals surface area contributed by atoms with Gasteiger partial charge in [-0.2, -0.15) is 4.31 Å². The van der Waals surface area contributed by atoms with Crippen molar-refractivity contribution in [2.45, 2.75) is 44.0 Å². The van der Waals surface area contributed by atoms with E-state index in [9.17, 15) is 13.2 Å². The molecule has 2 N–H and O–H groups in total. The average Bonchev–Trinajstić information content (AvgIpc) is 2.62. The van der Waals surface area contributed by atoms with Crippen LogP contribution in [0.1, 0.15) is 43.5 Å². The molecule has 2 unspecified atom stereocenters. The second-order valence-corrected chi connectivity index (χ2v) is 9.73. The largest absolute Gasteiger partial charge is 0.349 e. The Balaban J connectivity index is 1.69. The molecule has 2 aliphatic heterocycles. The summed E-state index contributed by atoms with van der Waals surface area (Å²) in [6, 6.07) is 6.51. The number of rotatable bonds is 4. The third-order valence-electron chi connectivity index (χ3n) is 5.26. The normalized spacial score (nSPS) is 25.8. The Morgan fingerprint density at radius 1 is 1.08 bits per heavy atom. The van der Waals surface area contributed by atoms with Gasteiger partial charge in [-0.1, -0.05) is 13.8 Å². The van der Waals surface area contributed by atoms with Gasteiger partial charge in [0.1, 0.15) is 0 Å². The zero-order valence-corrected chi connectivity index (χ0v) is 16.4. The second kappa shape index (κ2) is 8.06. The molecule has 2 saturated heterocycles. The molecule has 2 atom stereocenters. The first kappa shape index (κ1) is 19.3. The van der Waals surface area contributed by atoms with Crippen molar-refractivity contribution >= 4 is 15.9 Å². The van der Waals surface area contributed by atoms with Crippen molar-refractivity contribution in [1.29, 1.82) is 0 Å². The minimum Gasteiger partial charge on any atom is -0.349 e. The summed E-state index contributed by atoms with van der Waals surface area (Å²) in [5, 5.41) is 6.30. The van der Waals surface area contributed by atoms with E-state index in [0.717, 1.165) is 32.4 Å². The second-order valence-electron chi connectivity index (χ2n) is 7.79. The molecule has 1 amide bonds. The number of nitrogens with zero attached hydrogens (tertiary/aromatic N) is 1. The maximum Gasteiger partial charge on any atom is 0.251 e. The SMILES string of the molecule is CC1CC(C)CN(S(=O)(=O)c2ccc(C(=O)NC3CCNCC3)cc2)C1. The van der Waals surface area contributed by atoms with Gasteiger partial charge in [-0.15, -0.1) is 0 Å². The molecule has 0 aromatic heterocycles.